The Morgan fingerprint density at radius 2 is 1.59 bits per heavy atom. The third-order valence-corrected chi connectivity index (χ3v) is 7.77. The average molecular weight is 517 g/mol. The Morgan fingerprint density at radius 1 is 1.00 bits per heavy atom. The van der Waals surface area contributed by atoms with Crippen molar-refractivity contribution in [3.05, 3.63) is 94.2 Å². The smallest absolute Gasteiger partial charge is 0.449 e. The van der Waals surface area contributed by atoms with Crippen LogP contribution >= 0.6 is 11.6 Å². The second-order valence-corrected chi connectivity index (χ2v) is 10.8. The standard InChI is InChI=1S/C29H30BClN2O4/c1-28(2)29(3,4)37-30(36-28)19(16-26-25(31)14-9-15-32-26)17-33-27(34)35-18-24-22-12-7-5-10-20(22)21-11-6-8-13-23(21)24/h5-16,24H,17-18H2,1-4H3,(H,33,34). The van der Waals surface area contributed by atoms with Gasteiger partial charge in [0.1, 0.15) is 6.61 Å². The topological polar surface area (TPSA) is 69.7 Å². The summed E-state index contributed by atoms with van der Waals surface area (Å²) in [6, 6.07) is 20.0. The Morgan fingerprint density at radius 3 is 2.19 bits per heavy atom. The number of amides is 1. The molecule has 0 saturated carbocycles. The Kier molecular flexibility index (Phi) is 6.88. The molecule has 1 N–H and O–H groups in total. The van der Waals surface area contributed by atoms with E-state index in [1.165, 1.54) is 22.3 Å². The predicted molar refractivity (Wildman–Crippen MR) is 146 cm³/mol. The van der Waals surface area contributed by atoms with Gasteiger partial charge < -0.3 is 19.4 Å². The fraction of sp³-hybridized carbons (Fsp3) is 0.310. The molecule has 0 atom stereocenters. The van der Waals surface area contributed by atoms with Crippen LogP contribution in [0.2, 0.25) is 5.02 Å². The third-order valence-electron chi connectivity index (χ3n) is 7.45. The van der Waals surface area contributed by atoms with Gasteiger partial charge in [-0.05, 0) is 73.6 Å². The van der Waals surface area contributed by atoms with E-state index in [2.05, 4.69) is 34.6 Å². The summed E-state index contributed by atoms with van der Waals surface area (Å²) in [6.07, 6.45) is 2.95. The van der Waals surface area contributed by atoms with E-state index in [1.807, 2.05) is 52.0 Å². The minimum absolute atomic E-state index is 0.0106. The number of alkyl carbamates (subject to hydrolysis) is 1. The maximum absolute atomic E-state index is 12.8. The lowest BCUT2D eigenvalue weighted by Gasteiger charge is -2.32. The van der Waals surface area contributed by atoms with Crippen molar-refractivity contribution in [1.82, 2.24) is 10.3 Å². The number of ether oxygens (including phenoxy) is 1. The normalized spacial score (nSPS) is 17.9. The van der Waals surface area contributed by atoms with Gasteiger partial charge in [-0.15, -0.1) is 0 Å². The van der Waals surface area contributed by atoms with Crippen molar-refractivity contribution < 1.29 is 18.8 Å². The Bertz CT molecular complexity index is 1300. The molecule has 0 unspecified atom stereocenters. The summed E-state index contributed by atoms with van der Waals surface area (Å²) in [4.78, 5) is 17.2. The van der Waals surface area contributed by atoms with Gasteiger partial charge in [0.15, 0.2) is 0 Å². The van der Waals surface area contributed by atoms with Gasteiger partial charge in [0.2, 0.25) is 0 Å². The van der Waals surface area contributed by atoms with E-state index < -0.39 is 24.4 Å². The van der Waals surface area contributed by atoms with Crippen molar-refractivity contribution in [3.8, 4) is 11.1 Å². The molecule has 1 aliphatic carbocycles. The average Bonchev–Trinajstić information content (AvgIpc) is 3.30. The molecule has 1 amide bonds. The number of hydrogen-bond acceptors (Lipinski definition) is 5. The molecule has 1 aliphatic heterocycles. The van der Waals surface area contributed by atoms with Crippen LogP contribution in [-0.4, -0.2) is 42.5 Å². The van der Waals surface area contributed by atoms with E-state index >= 15 is 0 Å². The van der Waals surface area contributed by atoms with Crippen molar-refractivity contribution in [2.24, 2.45) is 0 Å². The molecule has 0 bridgehead atoms. The van der Waals surface area contributed by atoms with Crippen LogP contribution in [0.15, 0.2) is 72.3 Å². The molecular formula is C29H30BClN2O4. The molecule has 5 rings (SSSR count). The molecule has 37 heavy (non-hydrogen) atoms. The molecule has 190 valence electrons. The van der Waals surface area contributed by atoms with E-state index in [0.29, 0.717) is 16.2 Å². The maximum atomic E-state index is 12.8. The minimum atomic E-state index is -0.669. The van der Waals surface area contributed by atoms with Gasteiger partial charge in [0, 0.05) is 18.7 Å². The maximum Gasteiger partial charge on any atom is 0.492 e. The summed E-state index contributed by atoms with van der Waals surface area (Å²) in [5.74, 6) is -0.0106. The quantitative estimate of drug-likeness (QED) is 0.390. The molecule has 2 heterocycles. The summed E-state index contributed by atoms with van der Waals surface area (Å²) in [5, 5.41) is 3.36. The summed E-state index contributed by atoms with van der Waals surface area (Å²) < 4.78 is 18.2. The number of nitrogens with zero attached hydrogens (tertiary/aromatic N) is 1. The monoisotopic (exact) mass is 516 g/mol. The first-order valence-electron chi connectivity index (χ1n) is 12.4. The summed E-state index contributed by atoms with van der Waals surface area (Å²) in [7, 11) is -0.669. The number of carbonyl (C=O) groups excluding carboxylic acids is 1. The molecule has 1 saturated heterocycles. The lowest BCUT2D eigenvalue weighted by Crippen LogP contribution is -2.41. The van der Waals surface area contributed by atoms with Crippen molar-refractivity contribution in [1.29, 1.82) is 0 Å². The van der Waals surface area contributed by atoms with Crippen LogP contribution in [0, 0.1) is 0 Å². The van der Waals surface area contributed by atoms with Gasteiger partial charge in [-0.1, -0.05) is 60.1 Å². The zero-order chi connectivity index (χ0) is 26.2. The molecule has 1 fully saturated rings. The zero-order valence-electron chi connectivity index (χ0n) is 21.5. The number of rotatable bonds is 6. The molecular weight excluding hydrogens is 487 g/mol. The van der Waals surface area contributed by atoms with Crippen LogP contribution in [0.3, 0.4) is 0 Å². The first-order valence-corrected chi connectivity index (χ1v) is 12.8. The highest BCUT2D eigenvalue weighted by molar-refractivity contribution is 6.56. The Hall–Kier alpha value is -3.13. The minimum Gasteiger partial charge on any atom is -0.449 e. The highest BCUT2D eigenvalue weighted by atomic mass is 35.5. The second kappa shape index (κ2) is 9.97. The van der Waals surface area contributed by atoms with Gasteiger partial charge in [0.05, 0.1) is 21.9 Å². The fourth-order valence-electron chi connectivity index (χ4n) is 4.70. The molecule has 1 aromatic heterocycles. The molecule has 2 aromatic carbocycles. The van der Waals surface area contributed by atoms with Crippen LogP contribution < -0.4 is 5.32 Å². The van der Waals surface area contributed by atoms with Crippen LogP contribution in [0.5, 0.6) is 0 Å². The first kappa shape index (κ1) is 25.5. The second-order valence-electron chi connectivity index (χ2n) is 10.4. The zero-order valence-corrected chi connectivity index (χ0v) is 22.2. The number of benzene rings is 2. The number of nitrogens with one attached hydrogen (secondary N) is 1. The third kappa shape index (κ3) is 5.04. The largest absolute Gasteiger partial charge is 0.492 e. The van der Waals surface area contributed by atoms with Crippen molar-refractivity contribution >= 4 is 30.9 Å². The number of fused-ring (bicyclic) bond motifs is 3. The van der Waals surface area contributed by atoms with Crippen molar-refractivity contribution in [2.75, 3.05) is 13.2 Å². The van der Waals surface area contributed by atoms with E-state index in [1.54, 1.807) is 24.4 Å². The van der Waals surface area contributed by atoms with E-state index in [0.717, 1.165) is 0 Å². The van der Waals surface area contributed by atoms with Gasteiger partial charge >= 0.3 is 13.2 Å². The molecule has 8 heteroatoms. The van der Waals surface area contributed by atoms with Crippen LogP contribution in [0.1, 0.15) is 50.4 Å². The van der Waals surface area contributed by atoms with Gasteiger partial charge in [0.25, 0.3) is 0 Å². The number of aromatic nitrogens is 1. The lowest BCUT2D eigenvalue weighted by molar-refractivity contribution is 0.00578. The highest BCUT2D eigenvalue weighted by Gasteiger charge is 2.52. The molecule has 2 aliphatic rings. The predicted octanol–water partition coefficient (Wildman–Crippen LogP) is 6.29. The molecule has 3 aromatic rings. The van der Waals surface area contributed by atoms with Crippen LogP contribution in [0.25, 0.3) is 17.2 Å². The van der Waals surface area contributed by atoms with Gasteiger partial charge in [-0.3, -0.25) is 4.98 Å². The molecule has 6 nitrogen and oxygen atoms in total. The number of carbonyl (C=O) groups is 1. The molecule has 0 spiro atoms. The van der Waals surface area contributed by atoms with Crippen LogP contribution in [0.4, 0.5) is 4.79 Å². The lowest BCUT2D eigenvalue weighted by atomic mass is 9.77. The van der Waals surface area contributed by atoms with Crippen molar-refractivity contribution in [2.45, 2.75) is 44.8 Å². The van der Waals surface area contributed by atoms with Gasteiger partial charge in [-0.25, -0.2) is 4.79 Å². The van der Waals surface area contributed by atoms with E-state index in [9.17, 15) is 4.79 Å². The van der Waals surface area contributed by atoms with E-state index in [-0.39, 0.29) is 19.1 Å². The SMILES string of the molecule is CC1(C)OB(C(=Cc2ncccc2Cl)CNC(=O)OCC2c3ccccc3-c3ccccc32)OC1(C)C. The summed E-state index contributed by atoms with van der Waals surface area (Å²) >= 11 is 6.35. The van der Waals surface area contributed by atoms with Crippen LogP contribution in [-0.2, 0) is 14.0 Å². The summed E-state index contributed by atoms with van der Waals surface area (Å²) in [6.45, 7) is 8.32. The molecule has 0 radical (unpaired) electrons. The highest BCUT2D eigenvalue weighted by Crippen LogP contribution is 2.44. The van der Waals surface area contributed by atoms with Gasteiger partial charge in [-0.2, -0.15) is 0 Å². The fourth-order valence-corrected chi connectivity index (χ4v) is 4.88. The Labute approximate surface area is 223 Å². The summed E-state index contributed by atoms with van der Waals surface area (Å²) in [5.41, 5.74) is 4.90. The number of pyridine rings is 1. The number of hydrogen-bond donors (Lipinski definition) is 1. The number of halogens is 1. The van der Waals surface area contributed by atoms with E-state index in [4.69, 9.17) is 25.6 Å². The van der Waals surface area contributed by atoms with Crippen molar-refractivity contribution in [3.63, 3.8) is 0 Å². The first-order chi connectivity index (χ1) is 17.7. The Balaban J connectivity index is 1.30.